The Morgan fingerprint density at radius 3 is 2.62 bits per heavy atom. The van der Waals surface area contributed by atoms with Crippen molar-refractivity contribution in [3.63, 3.8) is 0 Å². The molecule has 2 heterocycles. The van der Waals surface area contributed by atoms with E-state index in [0.717, 1.165) is 25.7 Å². The van der Waals surface area contributed by atoms with Crippen LogP contribution in [0.2, 0.25) is 5.02 Å². The molecule has 2 N–H and O–H groups in total. The summed E-state index contributed by atoms with van der Waals surface area (Å²) in [6.07, 6.45) is 7.07. The second-order valence-corrected chi connectivity index (χ2v) is 11.1. The van der Waals surface area contributed by atoms with Crippen LogP contribution in [0.4, 0.5) is 15.8 Å². The number of nitriles is 1. The fourth-order valence-corrected chi connectivity index (χ4v) is 5.44. The van der Waals surface area contributed by atoms with E-state index in [1.54, 1.807) is 24.4 Å². The first-order chi connectivity index (χ1) is 20.4. The molecule has 2 unspecified atom stereocenters. The molecule has 1 aliphatic carbocycles. The van der Waals surface area contributed by atoms with Crippen LogP contribution in [0.3, 0.4) is 0 Å². The highest BCUT2D eigenvalue weighted by Gasteiger charge is 2.34. The quantitative estimate of drug-likeness (QED) is 0.179. The van der Waals surface area contributed by atoms with Gasteiger partial charge in [-0.25, -0.2) is 9.07 Å². The average molecular weight is 576 g/mol. The van der Waals surface area contributed by atoms with Crippen LogP contribution in [0.25, 0.3) is 10.9 Å². The number of nitrogens with one attached hydrogen (secondary N) is 2. The van der Waals surface area contributed by atoms with Gasteiger partial charge in [-0.05, 0) is 61.1 Å². The lowest BCUT2D eigenvalue weighted by molar-refractivity contribution is 0.610. The molecule has 1 fully saturated rings. The molecule has 2 aromatic heterocycles. The third-order valence-electron chi connectivity index (χ3n) is 7.69. The van der Waals surface area contributed by atoms with Gasteiger partial charge in [0.2, 0.25) is 0 Å². The fourth-order valence-electron chi connectivity index (χ4n) is 5.17. The van der Waals surface area contributed by atoms with Gasteiger partial charge in [-0.2, -0.15) is 5.26 Å². The van der Waals surface area contributed by atoms with Crippen molar-refractivity contribution in [3.05, 3.63) is 112 Å². The van der Waals surface area contributed by atoms with Gasteiger partial charge >= 0.3 is 0 Å². The summed E-state index contributed by atoms with van der Waals surface area (Å²) in [5.74, 6) is -0.372. The Morgan fingerprint density at radius 2 is 1.93 bits per heavy atom. The van der Waals surface area contributed by atoms with Crippen molar-refractivity contribution in [2.75, 3.05) is 10.6 Å². The normalized spacial score (nSPS) is 15.1. The van der Waals surface area contributed by atoms with Gasteiger partial charge in [-0.3, -0.25) is 4.98 Å². The highest BCUT2D eigenvalue weighted by Crippen LogP contribution is 2.38. The molecule has 0 amide bonds. The molecule has 0 bridgehead atoms. The smallest absolute Gasteiger partial charge is 0.123 e. The Morgan fingerprint density at radius 1 is 1.17 bits per heavy atom. The minimum atomic E-state index is -1.36. The van der Waals surface area contributed by atoms with E-state index in [2.05, 4.69) is 51.1 Å². The molecule has 1 aliphatic rings. The van der Waals surface area contributed by atoms with Crippen molar-refractivity contribution in [1.29, 1.82) is 5.26 Å². The summed E-state index contributed by atoms with van der Waals surface area (Å²) in [6.45, 7) is 2.11. The topological polar surface area (TPSA) is 91.5 Å². The molecule has 0 spiro atoms. The van der Waals surface area contributed by atoms with Gasteiger partial charge < -0.3 is 10.6 Å². The number of fused-ring (bicyclic) bond motifs is 1. The zero-order valence-corrected chi connectivity index (χ0v) is 23.8. The Hall–Kier alpha value is -4.42. The molecular weight excluding hydrogens is 548 g/mol. The van der Waals surface area contributed by atoms with Gasteiger partial charge in [-0.15, -0.1) is 5.10 Å². The molecule has 3 aromatic carbocycles. The van der Waals surface area contributed by atoms with Crippen LogP contribution in [0, 0.1) is 17.1 Å². The lowest BCUT2D eigenvalue weighted by Crippen LogP contribution is -2.37. The van der Waals surface area contributed by atoms with Gasteiger partial charge in [0.05, 0.1) is 39.5 Å². The van der Waals surface area contributed by atoms with E-state index in [4.69, 9.17) is 19.4 Å². The Bertz CT molecular complexity index is 1770. The van der Waals surface area contributed by atoms with Gasteiger partial charge in [-0.1, -0.05) is 66.2 Å². The molecule has 42 heavy (non-hydrogen) atoms. The predicted molar refractivity (Wildman–Crippen MR) is 164 cm³/mol. The second-order valence-electron chi connectivity index (χ2n) is 10.7. The molecule has 2 radical (unpaired) electrons. The van der Waals surface area contributed by atoms with Crippen molar-refractivity contribution in [2.24, 2.45) is 0 Å². The molecule has 5 aromatic rings. The number of pyridine rings is 1. The van der Waals surface area contributed by atoms with E-state index in [-0.39, 0.29) is 11.9 Å². The standard InChI is InChI=1S/C32H28BClFN7/c1-2-24(14-20-6-4-3-5-7-20)38-30-21(17-36)18-37-31-27(30)15-25(16-28(31)34)39-32(33,22-8-10-23(35)11-9-22)29-19-42(41-40-29)26-12-13-26/h3-11,15-16,18-19,24,26,39H,2,12-14H2,1H3,(H,37,38). The van der Waals surface area contributed by atoms with Gasteiger partial charge in [0.1, 0.15) is 25.4 Å². The number of hydrogen-bond acceptors (Lipinski definition) is 6. The van der Waals surface area contributed by atoms with Crippen LogP contribution < -0.4 is 10.6 Å². The first-order valence-electron chi connectivity index (χ1n) is 14.0. The summed E-state index contributed by atoms with van der Waals surface area (Å²) in [5.41, 5.74) is 3.11. The molecule has 10 heteroatoms. The summed E-state index contributed by atoms with van der Waals surface area (Å²) in [6, 6.07) is 22.5. The molecule has 208 valence electrons. The summed E-state index contributed by atoms with van der Waals surface area (Å²) in [4.78, 5) is 4.50. The minimum Gasteiger partial charge on any atom is -0.380 e. The summed E-state index contributed by atoms with van der Waals surface area (Å²) in [5, 5.41) is 26.8. The highest BCUT2D eigenvalue weighted by atomic mass is 35.5. The zero-order chi connectivity index (χ0) is 29.3. The van der Waals surface area contributed by atoms with Crippen LogP contribution in [0.15, 0.2) is 79.1 Å². The molecule has 6 rings (SSSR count). The second kappa shape index (κ2) is 11.5. The number of rotatable bonds is 10. The van der Waals surface area contributed by atoms with E-state index in [1.165, 1.54) is 17.7 Å². The summed E-state index contributed by atoms with van der Waals surface area (Å²) in [7, 11) is 7.06. The molecule has 0 saturated heterocycles. The summed E-state index contributed by atoms with van der Waals surface area (Å²) >= 11 is 6.79. The number of halogens is 2. The Kier molecular flexibility index (Phi) is 7.57. The predicted octanol–water partition coefficient (Wildman–Crippen LogP) is 6.74. The highest BCUT2D eigenvalue weighted by molar-refractivity contribution is 6.36. The first-order valence-corrected chi connectivity index (χ1v) is 14.3. The number of hydrogen-bond donors (Lipinski definition) is 2. The van der Waals surface area contributed by atoms with Crippen LogP contribution in [-0.2, 0) is 11.9 Å². The molecular formula is C32H28BClFN7. The van der Waals surface area contributed by atoms with Crippen molar-refractivity contribution < 1.29 is 4.39 Å². The Balaban J connectivity index is 1.42. The maximum Gasteiger partial charge on any atom is 0.123 e. The summed E-state index contributed by atoms with van der Waals surface area (Å²) < 4.78 is 15.7. The third kappa shape index (κ3) is 5.55. The van der Waals surface area contributed by atoms with Crippen molar-refractivity contribution in [2.45, 2.75) is 50.1 Å². The van der Waals surface area contributed by atoms with Crippen LogP contribution in [0.5, 0.6) is 0 Å². The SMILES string of the molecule is [B]C(Nc1cc(Cl)c2ncc(C#N)c(NC(CC)Cc3ccccc3)c2c1)(c1ccc(F)cc1)c1cn(C2CC2)nn1. The first kappa shape index (κ1) is 27.7. The molecule has 2 atom stereocenters. The van der Waals surface area contributed by atoms with E-state index in [9.17, 15) is 9.65 Å². The van der Waals surface area contributed by atoms with Gasteiger partial charge in [0.25, 0.3) is 0 Å². The third-order valence-corrected chi connectivity index (χ3v) is 7.98. The van der Waals surface area contributed by atoms with Gasteiger partial charge in [0.15, 0.2) is 0 Å². The monoisotopic (exact) mass is 575 g/mol. The largest absolute Gasteiger partial charge is 0.380 e. The van der Waals surface area contributed by atoms with E-state index < -0.39 is 5.44 Å². The lowest BCUT2D eigenvalue weighted by Gasteiger charge is -2.32. The number of aromatic nitrogens is 4. The van der Waals surface area contributed by atoms with E-state index >= 15 is 0 Å². The molecule has 1 saturated carbocycles. The molecule has 7 nitrogen and oxygen atoms in total. The average Bonchev–Trinajstić information content (AvgIpc) is 3.73. The van der Waals surface area contributed by atoms with Crippen LogP contribution >= 0.6 is 11.6 Å². The number of benzene rings is 3. The van der Waals surface area contributed by atoms with Crippen LogP contribution in [-0.4, -0.2) is 33.9 Å². The number of nitrogens with zero attached hydrogens (tertiary/aromatic N) is 5. The maximum atomic E-state index is 13.9. The lowest BCUT2D eigenvalue weighted by atomic mass is 9.69. The zero-order valence-electron chi connectivity index (χ0n) is 23.1. The number of anilines is 2. The van der Waals surface area contributed by atoms with Crippen molar-refractivity contribution in [3.8, 4) is 6.07 Å². The van der Waals surface area contributed by atoms with E-state index in [1.807, 2.05) is 35.1 Å². The van der Waals surface area contributed by atoms with Gasteiger partial charge in [0, 0.05) is 23.3 Å². The Labute approximate surface area is 250 Å². The molecule has 0 aliphatic heterocycles. The minimum absolute atomic E-state index is 0.0609. The van der Waals surface area contributed by atoms with E-state index in [0.29, 0.717) is 50.2 Å². The van der Waals surface area contributed by atoms with Crippen LogP contribution in [0.1, 0.15) is 54.6 Å². The van der Waals surface area contributed by atoms with Crippen molar-refractivity contribution >= 4 is 41.7 Å². The maximum absolute atomic E-state index is 13.9. The van der Waals surface area contributed by atoms with Crippen molar-refractivity contribution in [1.82, 2.24) is 20.0 Å². The fraction of sp³-hybridized carbons (Fsp3) is 0.250.